The standard InChI is InChI=1S/C22H24BN2O4P/c1-29-16-6-2-5-15(20(30)11-16)12-24-19-8-3-7-17-18(19)13-25(21(17)28)22(23,14-27)9-4-10-26/h3,5-8,10-11,14,24H,2,4,9,12-13,30H2,1H3. The van der Waals surface area contributed by atoms with Gasteiger partial charge in [0.25, 0.3) is 5.91 Å². The molecule has 0 bridgehead atoms. The molecule has 1 aromatic carbocycles. The second-order valence-electron chi connectivity index (χ2n) is 7.27. The van der Waals surface area contributed by atoms with Crippen LogP contribution in [0.15, 0.2) is 53.1 Å². The van der Waals surface area contributed by atoms with Crippen molar-refractivity contribution in [1.29, 1.82) is 0 Å². The Morgan fingerprint density at radius 1 is 1.33 bits per heavy atom. The van der Waals surface area contributed by atoms with Gasteiger partial charge in [-0.2, -0.15) is 0 Å². The molecule has 6 nitrogen and oxygen atoms in total. The van der Waals surface area contributed by atoms with E-state index in [1.54, 1.807) is 19.2 Å². The predicted octanol–water partition coefficient (Wildman–Crippen LogP) is 2.72. The van der Waals surface area contributed by atoms with Gasteiger partial charge in [0.1, 0.15) is 26.2 Å². The van der Waals surface area contributed by atoms with Gasteiger partial charge in [0.15, 0.2) is 0 Å². The first-order valence-electron chi connectivity index (χ1n) is 9.71. The van der Waals surface area contributed by atoms with Crippen molar-refractivity contribution in [2.45, 2.75) is 31.2 Å². The van der Waals surface area contributed by atoms with Crippen LogP contribution in [0.25, 0.3) is 0 Å². The predicted molar refractivity (Wildman–Crippen MR) is 120 cm³/mol. The Bertz CT molecular complexity index is 956. The summed E-state index contributed by atoms with van der Waals surface area (Å²) in [7, 11) is 10.6. The average molecular weight is 422 g/mol. The van der Waals surface area contributed by atoms with Gasteiger partial charge in [-0.05, 0) is 48.0 Å². The quantitative estimate of drug-likeness (QED) is 0.376. The molecule has 1 heterocycles. The van der Waals surface area contributed by atoms with Crippen molar-refractivity contribution in [2.75, 3.05) is 19.0 Å². The van der Waals surface area contributed by atoms with Crippen LogP contribution in [0.5, 0.6) is 0 Å². The summed E-state index contributed by atoms with van der Waals surface area (Å²) in [5.74, 6) is 0.514. The summed E-state index contributed by atoms with van der Waals surface area (Å²) in [6, 6.07) is 5.44. The first-order chi connectivity index (χ1) is 14.4. The second kappa shape index (κ2) is 9.44. The van der Waals surface area contributed by atoms with Crippen LogP contribution >= 0.6 is 9.24 Å². The lowest BCUT2D eigenvalue weighted by molar-refractivity contribution is -0.114. The van der Waals surface area contributed by atoms with Gasteiger partial charge in [-0.1, -0.05) is 12.1 Å². The third-order valence-electron chi connectivity index (χ3n) is 5.39. The number of nitrogens with zero attached hydrogens (tertiary/aromatic N) is 1. The Balaban J connectivity index is 1.79. The van der Waals surface area contributed by atoms with E-state index < -0.39 is 5.44 Å². The van der Waals surface area contributed by atoms with Crippen molar-refractivity contribution in [1.82, 2.24) is 4.90 Å². The van der Waals surface area contributed by atoms with Gasteiger partial charge in [-0.15, -0.1) is 9.24 Å². The molecule has 154 valence electrons. The minimum atomic E-state index is -1.50. The van der Waals surface area contributed by atoms with Gasteiger partial charge in [0, 0.05) is 36.3 Å². The van der Waals surface area contributed by atoms with Gasteiger partial charge in [0.2, 0.25) is 0 Å². The number of benzene rings is 1. The molecule has 1 aliphatic carbocycles. The summed E-state index contributed by atoms with van der Waals surface area (Å²) >= 11 is 0. The molecule has 0 fully saturated rings. The molecule has 8 heteroatoms. The number of fused-ring (bicyclic) bond motifs is 1. The number of nitrogens with one attached hydrogen (secondary N) is 1. The number of carbonyl (C=O) groups is 3. The molecule has 1 N–H and O–H groups in total. The fourth-order valence-electron chi connectivity index (χ4n) is 3.63. The van der Waals surface area contributed by atoms with E-state index in [2.05, 4.69) is 20.6 Å². The van der Waals surface area contributed by atoms with Crippen LogP contribution in [0.2, 0.25) is 0 Å². The normalized spacial score (nSPS) is 17.7. The maximum absolute atomic E-state index is 12.9. The zero-order valence-corrected chi connectivity index (χ0v) is 18.0. The molecule has 2 radical (unpaired) electrons. The molecule has 3 rings (SSSR count). The summed E-state index contributed by atoms with van der Waals surface area (Å²) in [5.41, 5.74) is 1.73. The molecule has 2 unspecified atom stereocenters. The highest BCUT2D eigenvalue weighted by molar-refractivity contribution is 7.23. The Kier molecular flexibility index (Phi) is 6.93. The highest BCUT2D eigenvalue weighted by Gasteiger charge is 2.40. The number of hydrogen-bond donors (Lipinski definition) is 1. The summed E-state index contributed by atoms with van der Waals surface area (Å²) in [6.07, 6.45) is 8.30. The van der Waals surface area contributed by atoms with Gasteiger partial charge < -0.3 is 24.5 Å². The molecule has 1 aromatic rings. The maximum Gasteiger partial charge on any atom is 0.254 e. The molecule has 0 spiro atoms. The van der Waals surface area contributed by atoms with Crippen LogP contribution in [-0.4, -0.2) is 50.3 Å². The molecule has 2 aliphatic rings. The molecule has 0 aromatic heterocycles. The van der Waals surface area contributed by atoms with E-state index in [1.165, 1.54) is 4.90 Å². The Morgan fingerprint density at radius 2 is 2.13 bits per heavy atom. The zero-order valence-electron chi connectivity index (χ0n) is 16.9. The maximum atomic E-state index is 12.9. The fourth-order valence-corrected chi connectivity index (χ4v) is 4.01. The van der Waals surface area contributed by atoms with Crippen LogP contribution < -0.4 is 5.32 Å². The van der Waals surface area contributed by atoms with E-state index in [4.69, 9.17) is 12.6 Å². The van der Waals surface area contributed by atoms with Crippen LogP contribution in [0.4, 0.5) is 5.69 Å². The number of aldehydes is 2. The first-order valence-corrected chi connectivity index (χ1v) is 10.3. The highest BCUT2D eigenvalue weighted by Crippen LogP contribution is 2.34. The highest BCUT2D eigenvalue weighted by atomic mass is 31.0. The Hall–Kier alpha value is -2.66. The van der Waals surface area contributed by atoms with Crippen LogP contribution in [-0.2, 0) is 20.9 Å². The number of methoxy groups -OCH3 is 1. The molecule has 1 amide bonds. The molecular weight excluding hydrogens is 398 g/mol. The third-order valence-corrected chi connectivity index (χ3v) is 5.93. The van der Waals surface area contributed by atoms with E-state index in [0.29, 0.717) is 24.7 Å². The zero-order chi connectivity index (χ0) is 21.7. The number of amides is 1. The summed E-state index contributed by atoms with van der Waals surface area (Å²) < 4.78 is 5.32. The average Bonchev–Trinajstić information content (AvgIpc) is 2.99. The first kappa shape index (κ1) is 22.0. The lowest BCUT2D eigenvalue weighted by Crippen LogP contribution is -2.51. The lowest BCUT2D eigenvalue weighted by Gasteiger charge is -2.34. The van der Waals surface area contributed by atoms with Crippen molar-refractivity contribution in [3.8, 4) is 0 Å². The van der Waals surface area contributed by atoms with E-state index in [9.17, 15) is 14.4 Å². The summed E-state index contributed by atoms with van der Waals surface area (Å²) in [5, 5.41) is 4.43. The monoisotopic (exact) mass is 422 g/mol. The number of allylic oxidation sites excluding steroid dienone is 3. The number of anilines is 1. The minimum Gasteiger partial charge on any atom is -0.497 e. The molecule has 0 saturated carbocycles. The van der Waals surface area contributed by atoms with E-state index in [-0.39, 0.29) is 25.3 Å². The van der Waals surface area contributed by atoms with Gasteiger partial charge >= 0.3 is 0 Å². The van der Waals surface area contributed by atoms with Crippen LogP contribution in [0, 0.1) is 0 Å². The summed E-state index contributed by atoms with van der Waals surface area (Å²) in [6.45, 7) is 0.779. The second-order valence-corrected chi connectivity index (χ2v) is 7.89. The SMILES string of the molecule is [B]C(C=O)(CCC=O)N1Cc2c(NCC3=CCC=C(OC)C=C3P)cccc2C1=O. The van der Waals surface area contributed by atoms with Crippen molar-refractivity contribution in [2.24, 2.45) is 0 Å². The number of ether oxygens (including phenoxy) is 1. The van der Waals surface area contributed by atoms with Crippen LogP contribution in [0.1, 0.15) is 35.2 Å². The van der Waals surface area contributed by atoms with Crippen molar-refractivity contribution in [3.05, 3.63) is 64.2 Å². The molecule has 2 atom stereocenters. The number of hydrogen-bond acceptors (Lipinski definition) is 5. The van der Waals surface area contributed by atoms with E-state index in [0.717, 1.165) is 34.3 Å². The van der Waals surface area contributed by atoms with Gasteiger partial charge in [-0.25, -0.2) is 0 Å². The molecule has 30 heavy (non-hydrogen) atoms. The van der Waals surface area contributed by atoms with Crippen molar-refractivity contribution in [3.63, 3.8) is 0 Å². The molecule has 1 aliphatic heterocycles. The third kappa shape index (κ3) is 4.41. The summed E-state index contributed by atoms with van der Waals surface area (Å²) in [4.78, 5) is 36.7. The Labute approximate surface area is 180 Å². The van der Waals surface area contributed by atoms with Crippen LogP contribution in [0.3, 0.4) is 0 Å². The van der Waals surface area contributed by atoms with Crippen molar-refractivity contribution < 1.29 is 19.1 Å². The number of carbonyl (C=O) groups excluding carboxylic acids is 3. The van der Waals surface area contributed by atoms with E-state index >= 15 is 0 Å². The number of rotatable bonds is 9. The Morgan fingerprint density at radius 3 is 2.83 bits per heavy atom. The van der Waals surface area contributed by atoms with Gasteiger partial charge in [-0.3, -0.25) is 4.79 Å². The largest absolute Gasteiger partial charge is 0.497 e. The fraction of sp³-hybridized carbons (Fsp3) is 0.318. The van der Waals surface area contributed by atoms with Gasteiger partial charge in [0.05, 0.1) is 12.5 Å². The smallest absolute Gasteiger partial charge is 0.254 e. The molecular formula is C22H24BN2O4P. The lowest BCUT2D eigenvalue weighted by atomic mass is 9.74. The molecule has 0 saturated heterocycles. The van der Waals surface area contributed by atoms with Crippen molar-refractivity contribution >= 4 is 41.3 Å². The topological polar surface area (TPSA) is 75.7 Å². The van der Waals surface area contributed by atoms with E-state index in [1.807, 2.05) is 18.2 Å². The minimum absolute atomic E-state index is 0.0887.